The molecular formula is C17H20BrNO2S. The zero-order valence-electron chi connectivity index (χ0n) is 12.7. The predicted molar refractivity (Wildman–Crippen MR) is 95.2 cm³/mol. The van der Waals surface area contributed by atoms with Crippen LogP contribution in [0.3, 0.4) is 0 Å². The minimum atomic E-state index is -0.779. The Labute approximate surface area is 143 Å². The van der Waals surface area contributed by atoms with Gasteiger partial charge in [0.15, 0.2) is 0 Å². The number of carbonyl (C=O) groups is 1. The quantitative estimate of drug-likeness (QED) is 0.726. The Morgan fingerprint density at radius 1 is 1.23 bits per heavy atom. The van der Waals surface area contributed by atoms with Crippen LogP contribution < -0.4 is 5.32 Å². The van der Waals surface area contributed by atoms with Gasteiger partial charge in [-0.3, -0.25) is 10.1 Å². The Bertz CT molecular complexity index is 622. The molecule has 2 rings (SSSR count). The Hall–Kier alpha value is -1.17. The van der Waals surface area contributed by atoms with Crippen molar-refractivity contribution in [2.75, 3.05) is 0 Å². The molecule has 2 N–H and O–H groups in total. The van der Waals surface area contributed by atoms with Gasteiger partial charge in [-0.05, 0) is 42.2 Å². The monoisotopic (exact) mass is 381 g/mol. The number of rotatable bonds is 7. The van der Waals surface area contributed by atoms with Crippen molar-refractivity contribution in [2.24, 2.45) is 5.92 Å². The average Bonchev–Trinajstić information content (AvgIpc) is 2.92. The van der Waals surface area contributed by atoms with Gasteiger partial charge < -0.3 is 5.11 Å². The molecule has 1 heterocycles. The zero-order valence-corrected chi connectivity index (χ0v) is 15.1. The molecule has 0 fully saturated rings. The van der Waals surface area contributed by atoms with E-state index < -0.39 is 12.0 Å². The largest absolute Gasteiger partial charge is 0.480 e. The lowest BCUT2D eigenvalue weighted by atomic mass is 10.0. The van der Waals surface area contributed by atoms with Crippen molar-refractivity contribution in [3.63, 3.8) is 0 Å². The Kier molecular flexibility index (Phi) is 6.17. The van der Waals surface area contributed by atoms with Gasteiger partial charge in [0.25, 0.3) is 0 Å². The molecule has 3 nitrogen and oxygen atoms in total. The first-order chi connectivity index (χ1) is 10.5. The third-order valence-corrected chi connectivity index (χ3v) is 4.98. The van der Waals surface area contributed by atoms with Gasteiger partial charge in [0.1, 0.15) is 6.04 Å². The summed E-state index contributed by atoms with van der Waals surface area (Å²) in [4.78, 5) is 13.6. The molecule has 0 aliphatic carbocycles. The van der Waals surface area contributed by atoms with E-state index in [-0.39, 0.29) is 0 Å². The fourth-order valence-electron chi connectivity index (χ4n) is 2.21. The third kappa shape index (κ3) is 4.93. The number of thiophene rings is 1. The average molecular weight is 382 g/mol. The van der Waals surface area contributed by atoms with Crippen LogP contribution in [0.2, 0.25) is 0 Å². The van der Waals surface area contributed by atoms with Crippen molar-refractivity contribution >= 4 is 33.2 Å². The number of hydrogen-bond acceptors (Lipinski definition) is 3. The van der Waals surface area contributed by atoms with Gasteiger partial charge in [0.2, 0.25) is 0 Å². The highest BCUT2D eigenvalue weighted by atomic mass is 79.9. The summed E-state index contributed by atoms with van der Waals surface area (Å²) < 4.78 is 1.06. The molecular weight excluding hydrogens is 362 g/mol. The van der Waals surface area contributed by atoms with E-state index in [0.29, 0.717) is 18.9 Å². The molecule has 0 radical (unpaired) electrons. The van der Waals surface area contributed by atoms with E-state index in [4.69, 9.17) is 0 Å². The van der Waals surface area contributed by atoms with Crippen LogP contribution in [0.1, 0.15) is 25.1 Å². The highest BCUT2D eigenvalue weighted by Gasteiger charge is 2.18. The van der Waals surface area contributed by atoms with Crippen molar-refractivity contribution in [1.82, 2.24) is 5.32 Å². The van der Waals surface area contributed by atoms with Crippen LogP contribution in [0.5, 0.6) is 0 Å². The van der Waals surface area contributed by atoms with Gasteiger partial charge in [0.05, 0.1) is 0 Å². The maximum atomic E-state index is 11.3. The summed E-state index contributed by atoms with van der Waals surface area (Å²) in [6.07, 6.45) is 0.639. The fraction of sp³-hybridized carbons (Fsp3) is 0.353. The summed E-state index contributed by atoms with van der Waals surface area (Å²) in [6.45, 7) is 4.66. The van der Waals surface area contributed by atoms with Gasteiger partial charge >= 0.3 is 5.97 Å². The number of aliphatic carboxylic acids is 1. The van der Waals surface area contributed by atoms with Crippen molar-refractivity contribution in [2.45, 2.75) is 32.9 Å². The van der Waals surface area contributed by atoms with Gasteiger partial charge in [-0.1, -0.05) is 41.9 Å². The van der Waals surface area contributed by atoms with E-state index in [1.807, 2.05) is 26.0 Å². The van der Waals surface area contributed by atoms with E-state index in [2.05, 4.69) is 45.5 Å². The number of halogens is 1. The van der Waals surface area contributed by atoms with Crippen LogP contribution in [-0.2, 0) is 11.3 Å². The molecule has 22 heavy (non-hydrogen) atoms. The van der Waals surface area contributed by atoms with Crippen LogP contribution in [0.25, 0.3) is 10.4 Å². The Morgan fingerprint density at radius 2 is 1.91 bits per heavy atom. The molecule has 0 bridgehead atoms. The molecule has 0 saturated carbocycles. The smallest absolute Gasteiger partial charge is 0.320 e. The molecule has 0 amide bonds. The summed E-state index contributed by atoms with van der Waals surface area (Å²) in [6, 6.07) is 11.9. The number of hydrogen-bond donors (Lipinski definition) is 2. The van der Waals surface area contributed by atoms with Crippen molar-refractivity contribution in [3.05, 3.63) is 45.7 Å². The van der Waals surface area contributed by atoms with E-state index in [1.54, 1.807) is 11.3 Å². The zero-order chi connectivity index (χ0) is 16.1. The molecule has 5 heteroatoms. The first kappa shape index (κ1) is 17.2. The summed E-state index contributed by atoms with van der Waals surface area (Å²) in [5, 5.41) is 12.4. The normalized spacial score (nSPS) is 12.5. The van der Waals surface area contributed by atoms with Crippen LogP contribution in [0.15, 0.2) is 40.9 Å². The lowest BCUT2D eigenvalue weighted by Crippen LogP contribution is -2.37. The van der Waals surface area contributed by atoms with E-state index in [0.717, 1.165) is 9.35 Å². The third-order valence-electron chi connectivity index (χ3n) is 3.32. The van der Waals surface area contributed by atoms with E-state index in [1.165, 1.54) is 10.4 Å². The second kappa shape index (κ2) is 7.90. The fourth-order valence-corrected chi connectivity index (χ4v) is 3.44. The summed E-state index contributed by atoms with van der Waals surface area (Å²) in [5.74, 6) is -0.423. The molecule has 0 aliphatic rings. The minimum Gasteiger partial charge on any atom is -0.480 e. The highest BCUT2D eigenvalue weighted by molar-refractivity contribution is 9.10. The minimum absolute atomic E-state index is 0.357. The van der Waals surface area contributed by atoms with Crippen molar-refractivity contribution in [3.8, 4) is 10.4 Å². The lowest BCUT2D eigenvalue weighted by molar-refractivity contribution is -0.140. The first-order valence-electron chi connectivity index (χ1n) is 7.26. The SMILES string of the molecule is CC(C)CC(NCc1ccc(-c2ccc(Br)cc2)s1)C(=O)O. The summed E-state index contributed by atoms with van der Waals surface area (Å²) in [5.41, 5.74) is 1.18. The maximum Gasteiger partial charge on any atom is 0.320 e. The molecule has 118 valence electrons. The molecule has 0 aliphatic heterocycles. The number of benzene rings is 1. The van der Waals surface area contributed by atoms with Crippen LogP contribution in [0.4, 0.5) is 0 Å². The van der Waals surface area contributed by atoms with Crippen molar-refractivity contribution < 1.29 is 9.90 Å². The number of nitrogens with one attached hydrogen (secondary N) is 1. The first-order valence-corrected chi connectivity index (χ1v) is 8.87. The van der Waals surface area contributed by atoms with Gasteiger partial charge in [-0.15, -0.1) is 11.3 Å². The van der Waals surface area contributed by atoms with Crippen LogP contribution in [-0.4, -0.2) is 17.1 Å². The number of carboxylic acid groups (broad SMARTS) is 1. The van der Waals surface area contributed by atoms with E-state index in [9.17, 15) is 9.90 Å². The molecule has 1 atom stereocenters. The maximum absolute atomic E-state index is 11.3. The van der Waals surface area contributed by atoms with Gasteiger partial charge in [-0.25, -0.2) is 0 Å². The summed E-state index contributed by atoms with van der Waals surface area (Å²) >= 11 is 5.13. The summed E-state index contributed by atoms with van der Waals surface area (Å²) in [7, 11) is 0. The Morgan fingerprint density at radius 3 is 2.50 bits per heavy atom. The topological polar surface area (TPSA) is 49.3 Å². The van der Waals surface area contributed by atoms with Crippen LogP contribution >= 0.6 is 27.3 Å². The standard InChI is InChI=1S/C17H20BrNO2S/c1-11(2)9-15(17(20)21)19-10-14-7-8-16(22-14)12-3-5-13(18)6-4-12/h3-8,11,15,19H,9-10H2,1-2H3,(H,20,21). The predicted octanol–water partition coefficient (Wildman–Crippen LogP) is 4.77. The molecule has 2 aromatic rings. The molecule has 0 saturated heterocycles. The van der Waals surface area contributed by atoms with Gasteiger partial charge in [0, 0.05) is 20.8 Å². The van der Waals surface area contributed by atoms with Crippen molar-refractivity contribution in [1.29, 1.82) is 0 Å². The molecule has 1 aromatic carbocycles. The highest BCUT2D eigenvalue weighted by Crippen LogP contribution is 2.29. The molecule has 1 unspecified atom stereocenters. The van der Waals surface area contributed by atoms with E-state index >= 15 is 0 Å². The second-order valence-corrected chi connectivity index (χ2v) is 7.76. The lowest BCUT2D eigenvalue weighted by Gasteiger charge is -2.15. The molecule has 1 aromatic heterocycles. The second-order valence-electron chi connectivity index (χ2n) is 5.67. The number of carboxylic acids is 1. The Balaban J connectivity index is 1.99. The van der Waals surface area contributed by atoms with Gasteiger partial charge in [-0.2, -0.15) is 0 Å². The van der Waals surface area contributed by atoms with Crippen LogP contribution in [0, 0.1) is 5.92 Å². The molecule has 0 spiro atoms.